The van der Waals surface area contributed by atoms with Crippen LogP contribution < -0.4 is 0 Å². The molecular formula is C12H21NO2. The second-order valence-corrected chi connectivity index (χ2v) is 5.01. The summed E-state index contributed by atoms with van der Waals surface area (Å²) in [5.74, 6) is 1.30. The average Bonchev–Trinajstić information content (AvgIpc) is 2.80. The van der Waals surface area contributed by atoms with Gasteiger partial charge in [-0.2, -0.15) is 0 Å². The minimum absolute atomic E-state index is 0.248. The van der Waals surface area contributed by atoms with Crippen molar-refractivity contribution in [2.45, 2.75) is 45.1 Å². The highest BCUT2D eigenvalue weighted by Crippen LogP contribution is 2.40. The Bertz CT molecular complexity index is 242. The minimum Gasteiger partial charge on any atom is -0.396 e. The van der Waals surface area contributed by atoms with Crippen molar-refractivity contribution in [1.29, 1.82) is 0 Å². The molecule has 3 atom stereocenters. The number of aliphatic hydroxyl groups excluding tert-OH is 1. The van der Waals surface area contributed by atoms with E-state index in [1.54, 1.807) is 0 Å². The largest absolute Gasteiger partial charge is 0.396 e. The Morgan fingerprint density at radius 3 is 2.87 bits per heavy atom. The van der Waals surface area contributed by atoms with E-state index in [0.717, 1.165) is 38.6 Å². The molecule has 1 aliphatic heterocycles. The molecule has 2 rings (SSSR count). The van der Waals surface area contributed by atoms with Crippen molar-refractivity contribution in [2.75, 3.05) is 13.2 Å². The molecule has 0 bridgehead atoms. The zero-order valence-electron chi connectivity index (χ0n) is 9.48. The molecule has 1 heterocycles. The summed E-state index contributed by atoms with van der Waals surface area (Å²) in [7, 11) is 0. The van der Waals surface area contributed by atoms with E-state index >= 15 is 0 Å². The Hall–Kier alpha value is -0.570. The Balaban J connectivity index is 1.86. The molecule has 3 nitrogen and oxygen atoms in total. The van der Waals surface area contributed by atoms with Gasteiger partial charge in [-0.15, -0.1) is 0 Å². The van der Waals surface area contributed by atoms with Gasteiger partial charge in [0, 0.05) is 25.1 Å². The molecule has 15 heavy (non-hydrogen) atoms. The standard InChI is InChI=1S/C12H21NO2/c1-9-8-11(9)12(15)13-6-2-4-10(13)5-3-7-14/h9-11,14H,2-8H2,1H3. The third-order valence-corrected chi connectivity index (χ3v) is 3.78. The molecule has 2 aliphatic rings. The van der Waals surface area contributed by atoms with Crippen LogP contribution in [0.15, 0.2) is 0 Å². The number of nitrogens with zero attached hydrogens (tertiary/aromatic N) is 1. The van der Waals surface area contributed by atoms with E-state index in [9.17, 15) is 4.79 Å². The Kier molecular flexibility index (Phi) is 3.29. The summed E-state index contributed by atoms with van der Waals surface area (Å²) in [6.45, 7) is 3.35. The number of aliphatic hydroxyl groups is 1. The van der Waals surface area contributed by atoms with Crippen LogP contribution in [0.25, 0.3) is 0 Å². The number of carbonyl (C=O) groups excluding carboxylic acids is 1. The van der Waals surface area contributed by atoms with Crippen LogP contribution >= 0.6 is 0 Å². The molecule has 1 N–H and O–H groups in total. The van der Waals surface area contributed by atoms with Crippen molar-refractivity contribution in [3.05, 3.63) is 0 Å². The van der Waals surface area contributed by atoms with Crippen molar-refractivity contribution >= 4 is 5.91 Å². The topological polar surface area (TPSA) is 40.5 Å². The molecule has 0 aromatic rings. The molecule has 1 saturated heterocycles. The lowest BCUT2D eigenvalue weighted by molar-refractivity contribution is -0.133. The molecule has 0 aromatic heterocycles. The second kappa shape index (κ2) is 4.52. The van der Waals surface area contributed by atoms with Gasteiger partial charge in [0.2, 0.25) is 5.91 Å². The van der Waals surface area contributed by atoms with Gasteiger partial charge in [-0.3, -0.25) is 4.79 Å². The molecule has 1 saturated carbocycles. The van der Waals surface area contributed by atoms with Crippen LogP contribution in [0.1, 0.15) is 39.0 Å². The summed E-state index contributed by atoms with van der Waals surface area (Å²) in [6.07, 6.45) is 5.16. The molecule has 2 fully saturated rings. The first-order valence-corrected chi connectivity index (χ1v) is 6.15. The summed E-state index contributed by atoms with van der Waals surface area (Å²) >= 11 is 0. The Morgan fingerprint density at radius 1 is 1.53 bits per heavy atom. The molecule has 1 aliphatic carbocycles. The van der Waals surface area contributed by atoms with Gasteiger partial charge < -0.3 is 10.0 Å². The number of likely N-dealkylation sites (tertiary alicyclic amines) is 1. The van der Waals surface area contributed by atoms with Gasteiger partial charge in [0.1, 0.15) is 0 Å². The van der Waals surface area contributed by atoms with E-state index in [1.807, 2.05) is 0 Å². The third kappa shape index (κ3) is 2.33. The number of hydrogen-bond donors (Lipinski definition) is 1. The third-order valence-electron chi connectivity index (χ3n) is 3.78. The van der Waals surface area contributed by atoms with Gasteiger partial charge in [-0.25, -0.2) is 0 Å². The Morgan fingerprint density at radius 2 is 2.27 bits per heavy atom. The first kappa shape index (κ1) is 10.9. The smallest absolute Gasteiger partial charge is 0.226 e. The quantitative estimate of drug-likeness (QED) is 0.763. The fraction of sp³-hybridized carbons (Fsp3) is 0.917. The molecule has 3 heteroatoms. The molecule has 0 aromatic carbocycles. The predicted molar refractivity (Wildman–Crippen MR) is 58.3 cm³/mol. The van der Waals surface area contributed by atoms with E-state index in [4.69, 9.17) is 5.11 Å². The van der Waals surface area contributed by atoms with Gasteiger partial charge in [0.05, 0.1) is 0 Å². The van der Waals surface area contributed by atoms with Crippen LogP contribution in [0.2, 0.25) is 0 Å². The monoisotopic (exact) mass is 211 g/mol. The molecule has 0 spiro atoms. The molecule has 0 radical (unpaired) electrons. The fourth-order valence-corrected chi connectivity index (χ4v) is 2.63. The summed E-state index contributed by atoms with van der Waals surface area (Å²) in [4.78, 5) is 14.1. The van der Waals surface area contributed by atoms with E-state index in [2.05, 4.69) is 11.8 Å². The maximum Gasteiger partial charge on any atom is 0.226 e. The summed E-state index contributed by atoms with van der Waals surface area (Å²) < 4.78 is 0. The van der Waals surface area contributed by atoms with Crippen LogP contribution in [-0.4, -0.2) is 35.1 Å². The van der Waals surface area contributed by atoms with Crippen molar-refractivity contribution in [2.24, 2.45) is 11.8 Å². The van der Waals surface area contributed by atoms with E-state index in [-0.39, 0.29) is 6.61 Å². The van der Waals surface area contributed by atoms with Crippen molar-refractivity contribution in [1.82, 2.24) is 4.90 Å². The maximum absolute atomic E-state index is 12.1. The lowest BCUT2D eigenvalue weighted by Gasteiger charge is -2.24. The molecular weight excluding hydrogens is 190 g/mol. The number of carbonyl (C=O) groups is 1. The van der Waals surface area contributed by atoms with E-state index in [1.165, 1.54) is 0 Å². The zero-order chi connectivity index (χ0) is 10.8. The van der Waals surface area contributed by atoms with Gasteiger partial charge in [0.15, 0.2) is 0 Å². The fourth-order valence-electron chi connectivity index (χ4n) is 2.63. The minimum atomic E-state index is 0.248. The normalized spacial score (nSPS) is 34.5. The van der Waals surface area contributed by atoms with Gasteiger partial charge in [-0.05, 0) is 38.0 Å². The van der Waals surface area contributed by atoms with Crippen LogP contribution in [0.3, 0.4) is 0 Å². The number of hydrogen-bond acceptors (Lipinski definition) is 2. The van der Waals surface area contributed by atoms with Crippen molar-refractivity contribution in [3.63, 3.8) is 0 Å². The van der Waals surface area contributed by atoms with E-state index in [0.29, 0.717) is 23.8 Å². The molecule has 1 amide bonds. The van der Waals surface area contributed by atoms with Gasteiger partial charge in [0.25, 0.3) is 0 Å². The zero-order valence-corrected chi connectivity index (χ0v) is 9.48. The maximum atomic E-state index is 12.1. The van der Waals surface area contributed by atoms with Crippen molar-refractivity contribution in [3.8, 4) is 0 Å². The highest BCUT2D eigenvalue weighted by atomic mass is 16.3. The summed E-state index contributed by atoms with van der Waals surface area (Å²) in [5.41, 5.74) is 0. The number of rotatable bonds is 4. The van der Waals surface area contributed by atoms with Crippen LogP contribution in [0.5, 0.6) is 0 Å². The van der Waals surface area contributed by atoms with Crippen LogP contribution in [-0.2, 0) is 4.79 Å². The first-order valence-electron chi connectivity index (χ1n) is 6.15. The first-order chi connectivity index (χ1) is 7.24. The highest BCUT2D eigenvalue weighted by molar-refractivity contribution is 5.82. The highest BCUT2D eigenvalue weighted by Gasteiger charge is 2.43. The van der Waals surface area contributed by atoms with E-state index < -0.39 is 0 Å². The Labute approximate surface area is 91.5 Å². The molecule has 86 valence electrons. The summed E-state index contributed by atoms with van der Waals surface area (Å²) in [5, 5.41) is 8.81. The van der Waals surface area contributed by atoms with Gasteiger partial charge in [-0.1, -0.05) is 6.92 Å². The lowest BCUT2D eigenvalue weighted by atomic mass is 10.1. The predicted octanol–water partition coefficient (Wildman–Crippen LogP) is 1.41. The lowest BCUT2D eigenvalue weighted by Crippen LogP contribution is -2.37. The summed E-state index contributed by atoms with van der Waals surface area (Å²) in [6, 6.07) is 0.414. The van der Waals surface area contributed by atoms with Gasteiger partial charge >= 0.3 is 0 Å². The van der Waals surface area contributed by atoms with Crippen LogP contribution in [0, 0.1) is 11.8 Å². The number of amides is 1. The van der Waals surface area contributed by atoms with Crippen LogP contribution in [0.4, 0.5) is 0 Å². The molecule has 3 unspecified atom stereocenters. The second-order valence-electron chi connectivity index (χ2n) is 5.01. The van der Waals surface area contributed by atoms with Crippen molar-refractivity contribution < 1.29 is 9.90 Å². The average molecular weight is 211 g/mol. The SMILES string of the molecule is CC1CC1C(=O)N1CCCC1CCCO.